The molecule has 0 aliphatic rings. The first-order chi connectivity index (χ1) is 5.86. The van der Waals surface area contributed by atoms with E-state index in [0.29, 0.717) is 0 Å². The molecule has 0 unspecified atom stereocenters. The van der Waals surface area contributed by atoms with Gasteiger partial charge in [0.2, 0.25) is 0 Å². The van der Waals surface area contributed by atoms with Crippen molar-refractivity contribution in [2.24, 2.45) is 0 Å². The van der Waals surface area contributed by atoms with Crippen LogP contribution < -0.4 is 0 Å². The van der Waals surface area contributed by atoms with Crippen LogP contribution in [-0.2, 0) is 0 Å². The first-order valence-corrected chi connectivity index (χ1v) is 4.51. The average Bonchev–Trinajstić information content (AvgIpc) is 2.54. The van der Waals surface area contributed by atoms with Gasteiger partial charge >= 0.3 is 0 Å². The van der Waals surface area contributed by atoms with Gasteiger partial charge in [0.25, 0.3) is 0 Å². The van der Waals surface area contributed by atoms with Crippen molar-refractivity contribution in [1.29, 1.82) is 0 Å². The van der Waals surface area contributed by atoms with Crippen LogP contribution in [0.4, 0.5) is 0 Å². The van der Waals surface area contributed by atoms with Gasteiger partial charge in [-0.25, -0.2) is 0 Å². The first kappa shape index (κ1) is 7.43. The van der Waals surface area contributed by atoms with Crippen molar-refractivity contribution in [2.75, 3.05) is 0 Å². The maximum Gasteiger partial charge on any atom is 0.0984 e. The van der Waals surface area contributed by atoms with Crippen molar-refractivity contribution in [1.82, 2.24) is 9.97 Å². The fraction of sp³-hybridized carbons (Fsp3) is 0.111. The minimum absolute atomic E-state index is 0.954. The molecule has 0 saturated heterocycles. The number of hydrogen-bond acceptors (Lipinski definition) is 3. The largest absolute Gasteiger partial charge is 0.261 e. The van der Waals surface area contributed by atoms with Crippen molar-refractivity contribution in [3.63, 3.8) is 0 Å². The zero-order chi connectivity index (χ0) is 8.39. The molecule has 0 bridgehead atoms. The molecule has 0 amide bonds. The number of hydrogen-bond donors (Lipinski definition) is 0. The van der Waals surface area contributed by atoms with Crippen LogP contribution in [0, 0.1) is 6.92 Å². The Labute approximate surface area is 74.9 Å². The Morgan fingerprint density at radius 2 is 2.17 bits per heavy atom. The van der Waals surface area contributed by atoms with Crippen molar-refractivity contribution >= 4 is 11.3 Å². The van der Waals surface area contributed by atoms with Gasteiger partial charge < -0.3 is 0 Å². The van der Waals surface area contributed by atoms with Crippen molar-refractivity contribution < 1.29 is 0 Å². The second-order valence-electron chi connectivity index (χ2n) is 2.50. The highest BCUT2D eigenvalue weighted by molar-refractivity contribution is 7.15. The van der Waals surface area contributed by atoms with E-state index < -0.39 is 0 Å². The fourth-order valence-corrected chi connectivity index (χ4v) is 1.83. The van der Waals surface area contributed by atoms with Crippen LogP contribution >= 0.6 is 11.3 Å². The molecule has 0 fully saturated rings. The topological polar surface area (TPSA) is 25.8 Å². The number of aryl methyl sites for hydroxylation is 1. The molecule has 0 N–H and O–H groups in total. The smallest absolute Gasteiger partial charge is 0.0984 e. The molecule has 2 rings (SSSR count). The Morgan fingerprint density at radius 1 is 1.25 bits per heavy atom. The van der Waals surface area contributed by atoms with Gasteiger partial charge in [0.15, 0.2) is 0 Å². The third-order valence-corrected chi connectivity index (χ3v) is 2.58. The maximum absolute atomic E-state index is 4.21. The Kier molecular flexibility index (Phi) is 1.87. The predicted molar refractivity (Wildman–Crippen MR) is 50.1 cm³/mol. The maximum atomic E-state index is 4.21. The van der Waals surface area contributed by atoms with Gasteiger partial charge in [0, 0.05) is 17.3 Å². The fourth-order valence-electron chi connectivity index (χ4n) is 0.999. The van der Waals surface area contributed by atoms with Crippen molar-refractivity contribution in [2.45, 2.75) is 6.92 Å². The highest BCUT2D eigenvalue weighted by Crippen LogP contribution is 2.24. The summed E-state index contributed by atoms with van der Waals surface area (Å²) in [4.78, 5) is 10.7. The highest BCUT2D eigenvalue weighted by atomic mass is 32.1. The zero-order valence-electron chi connectivity index (χ0n) is 6.69. The lowest BCUT2D eigenvalue weighted by Crippen LogP contribution is -1.79. The van der Waals surface area contributed by atoms with Crippen LogP contribution in [0.25, 0.3) is 10.6 Å². The van der Waals surface area contributed by atoms with Crippen LogP contribution in [0.2, 0.25) is 0 Å². The lowest BCUT2D eigenvalue weighted by Gasteiger charge is -1.91. The molecule has 0 spiro atoms. The molecule has 0 aliphatic heterocycles. The summed E-state index contributed by atoms with van der Waals surface area (Å²) in [5.41, 5.74) is 0.954. The minimum atomic E-state index is 0.954. The third kappa shape index (κ3) is 1.36. The Morgan fingerprint density at radius 3 is 2.75 bits per heavy atom. The van der Waals surface area contributed by atoms with Gasteiger partial charge in [-0.15, -0.1) is 11.3 Å². The van der Waals surface area contributed by atoms with E-state index in [4.69, 9.17) is 0 Å². The van der Waals surface area contributed by atoms with Crippen LogP contribution in [-0.4, -0.2) is 9.97 Å². The molecule has 60 valence electrons. The summed E-state index contributed by atoms with van der Waals surface area (Å²) < 4.78 is 0. The molecule has 0 aliphatic carbocycles. The SMILES string of the molecule is Cc1ccc(-c2cnccn2)s1. The lowest BCUT2D eigenvalue weighted by atomic mass is 10.3. The van der Waals surface area contributed by atoms with Crippen LogP contribution in [0.1, 0.15) is 4.88 Å². The molecule has 0 aromatic carbocycles. The molecular weight excluding hydrogens is 168 g/mol. The van der Waals surface area contributed by atoms with E-state index in [1.54, 1.807) is 29.9 Å². The van der Waals surface area contributed by atoms with Crippen molar-refractivity contribution in [3.8, 4) is 10.6 Å². The second-order valence-corrected chi connectivity index (χ2v) is 3.79. The molecular formula is C9H8N2S. The summed E-state index contributed by atoms with van der Waals surface area (Å²) in [5, 5.41) is 0. The zero-order valence-corrected chi connectivity index (χ0v) is 7.51. The standard InChI is InChI=1S/C9H8N2S/c1-7-2-3-9(12-7)8-6-10-4-5-11-8/h2-6H,1H3. The van der Waals surface area contributed by atoms with Crippen LogP contribution in [0.15, 0.2) is 30.7 Å². The van der Waals surface area contributed by atoms with E-state index in [9.17, 15) is 0 Å². The van der Waals surface area contributed by atoms with Gasteiger partial charge in [0.05, 0.1) is 16.8 Å². The number of thiophene rings is 1. The molecule has 12 heavy (non-hydrogen) atoms. The first-order valence-electron chi connectivity index (χ1n) is 3.69. The number of nitrogens with zero attached hydrogens (tertiary/aromatic N) is 2. The van der Waals surface area contributed by atoms with E-state index in [1.807, 2.05) is 0 Å². The monoisotopic (exact) mass is 176 g/mol. The van der Waals surface area contributed by atoms with Gasteiger partial charge in [-0.05, 0) is 19.1 Å². The molecule has 0 radical (unpaired) electrons. The van der Waals surface area contributed by atoms with Gasteiger partial charge in [-0.3, -0.25) is 9.97 Å². The Balaban J connectivity index is 2.45. The molecule has 0 atom stereocenters. The molecule has 2 aromatic heterocycles. The summed E-state index contributed by atoms with van der Waals surface area (Å²) in [6, 6.07) is 4.17. The predicted octanol–water partition coefficient (Wildman–Crippen LogP) is 2.51. The molecule has 2 heterocycles. The lowest BCUT2D eigenvalue weighted by molar-refractivity contribution is 1.21. The highest BCUT2D eigenvalue weighted by Gasteiger charge is 1.99. The van der Waals surface area contributed by atoms with Crippen LogP contribution in [0.3, 0.4) is 0 Å². The molecule has 2 aromatic rings. The van der Waals surface area contributed by atoms with Crippen molar-refractivity contribution in [3.05, 3.63) is 35.6 Å². The normalized spacial score (nSPS) is 10.1. The summed E-state index contributed by atoms with van der Waals surface area (Å²) in [6.07, 6.45) is 5.18. The van der Waals surface area contributed by atoms with Gasteiger partial charge in [0.1, 0.15) is 0 Å². The summed E-state index contributed by atoms with van der Waals surface area (Å²) in [7, 11) is 0. The Bertz CT molecular complexity index is 367. The second kappa shape index (κ2) is 3.03. The van der Waals surface area contributed by atoms with Gasteiger partial charge in [-0.2, -0.15) is 0 Å². The molecule has 3 heteroatoms. The third-order valence-electron chi connectivity index (χ3n) is 1.56. The average molecular weight is 176 g/mol. The molecule has 0 saturated carbocycles. The quantitative estimate of drug-likeness (QED) is 0.667. The summed E-state index contributed by atoms with van der Waals surface area (Å²) in [5.74, 6) is 0. The van der Waals surface area contributed by atoms with E-state index in [0.717, 1.165) is 5.69 Å². The van der Waals surface area contributed by atoms with Crippen LogP contribution in [0.5, 0.6) is 0 Å². The van der Waals surface area contributed by atoms with E-state index >= 15 is 0 Å². The van der Waals surface area contributed by atoms with E-state index in [1.165, 1.54) is 9.75 Å². The van der Waals surface area contributed by atoms with E-state index in [2.05, 4.69) is 29.0 Å². The minimum Gasteiger partial charge on any atom is -0.261 e. The number of aromatic nitrogens is 2. The summed E-state index contributed by atoms with van der Waals surface area (Å²) in [6.45, 7) is 2.09. The number of rotatable bonds is 1. The van der Waals surface area contributed by atoms with E-state index in [-0.39, 0.29) is 0 Å². The Hall–Kier alpha value is -1.22. The summed E-state index contributed by atoms with van der Waals surface area (Å²) >= 11 is 1.74. The molecule has 2 nitrogen and oxygen atoms in total. The van der Waals surface area contributed by atoms with Gasteiger partial charge in [-0.1, -0.05) is 0 Å².